The zero-order valence-electron chi connectivity index (χ0n) is 12.1. The third-order valence-electron chi connectivity index (χ3n) is 3.71. The normalized spacial score (nSPS) is 12.5. The van der Waals surface area contributed by atoms with Gasteiger partial charge in [-0.3, -0.25) is 4.79 Å². The van der Waals surface area contributed by atoms with Gasteiger partial charge in [-0.25, -0.2) is 0 Å². The van der Waals surface area contributed by atoms with Crippen LogP contribution >= 0.6 is 45.2 Å². The van der Waals surface area contributed by atoms with Gasteiger partial charge in [0.1, 0.15) is 5.78 Å². The molecule has 1 nitrogen and oxygen atoms in total. The molecule has 0 heterocycles. The highest BCUT2D eigenvalue weighted by molar-refractivity contribution is 14.1. The maximum Gasteiger partial charge on any atom is 0.136 e. The number of aryl methyl sites for hydroxylation is 1. The topological polar surface area (TPSA) is 17.1 Å². The van der Waals surface area contributed by atoms with Gasteiger partial charge in [0.05, 0.1) is 0 Å². The van der Waals surface area contributed by atoms with Gasteiger partial charge in [-0.15, -0.1) is 0 Å². The second kappa shape index (κ2) is 7.96. The zero-order valence-corrected chi connectivity index (χ0v) is 16.5. The minimum Gasteiger partial charge on any atom is -0.299 e. The van der Waals surface area contributed by atoms with Crippen LogP contribution in [0.25, 0.3) is 0 Å². The molecule has 0 aliphatic heterocycles. The number of benzene rings is 1. The Morgan fingerprint density at radius 3 is 2.42 bits per heavy atom. The molecule has 0 bridgehead atoms. The number of halogens is 2. The van der Waals surface area contributed by atoms with Crippen LogP contribution in [-0.2, 0) is 11.2 Å². The first-order chi connectivity index (χ1) is 8.92. The Morgan fingerprint density at radius 1 is 1.26 bits per heavy atom. The van der Waals surface area contributed by atoms with Crippen LogP contribution in [0.15, 0.2) is 6.07 Å². The van der Waals surface area contributed by atoms with E-state index in [1.807, 2.05) is 0 Å². The molecule has 1 aromatic rings. The molecule has 0 aliphatic carbocycles. The highest BCUT2D eigenvalue weighted by atomic mass is 127. The quantitative estimate of drug-likeness (QED) is 0.491. The Bertz CT molecular complexity index is 466. The summed E-state index contributed by atoms with van der Waals surface area (Å²) in [5.74, 6) is 0.610. The lowest BCUT2D eigenvalue weighted by Crippen LogP contribution is -2.17. The number of ketones is 1. The van der Waals surface area contributed by atoms with Crippen molar-refractivity contribution < 1.29 is 4.79 Å². The predicted octanol–water partition coefficient (Wildman–Crippen LogP) is 5.45. The Kier molecular flexibility index (Phi) is 7.29. The van der Waals surface area contributed by atoms with E-state index in [2.05, 4.69) is 78.9 Å². The number of hydrogen-bond acceptors (Lipinski definition) is 1. The van der Waals surface area contributed by atoms with Crippen LogP contribution in [0.2, 0.25) is 0 Å². The van der Waals surface area contributed by atoms with Crippen LogP contribution in [0.4, 0.5) is 0 Å². The zero-order chi connectivity index (χ0) is 14.6. The first-order valence-corrected chi connectivity index (χ1v) is 9.04. The van der Waals surface area contributed by atoms with Crippen molar-refractivity contribution in [2.45, 2.75) is 53.4 Å². The lowest BCUT2D eigenvalue weighted by molar-refractivity contribution is -0.123. The minimum absolute atomic E-state index is 0.184. The summed E-state index contributed by atoms with van der Waals surface area (Å²) in [7, 11) is 0. The maximum atomic E-state index is 12.1. The highest BCUT2D eigenvalue weighted by Gasteiger charge is 2.20. The molecule has 0 fully saturated rings. The summed E-state index contributed by atoms with van der Waals surface area (Å²) in [5, 5.41) is 0. The summed E-state index contributed by atoms with van der Waals surface area (Å²) in [6.07, 6.45) is 3.51. The van der Waals surface area contributed by atoms with Gasteiger partial charge in [0.2, 0.25) is 0 Å². The second-order valence-corrected chi connectivity index (χ2v) is 7.36. The Labute approximate surface area is 144 Å². The van der Waals surface area contributed by atoms with E-state index in [4.69, 9.17) is 0 Å². The van der Waals surface area contributed by atoms with Crippen molar-refractivity contribution >= 4 is 51.0 Å². The fraction of sp³-hybridized carbons (Fsp3) is 0.562. The molecule has 0 saturated carbocycles. The molecular weight excluding hydrogens is 462 g/mol. The molecule has 0 spiro atoms. The molecular formula is C16H22I2O. The van der Waals surface area contributed by atoms with Gasteiger partial charge in [-0.2, -0.15) is 0 Å². The van der Waals surface area contributed by atoms with E-state index < -0.39 is 0 Å². The first-order valence-electron chi connectivity index (χ1n) is 6.89. The molecule has 0 aliphatic rings. The average molecular weight is 484 g/mol. The van der Waals surface area contributed by atoms with Crippen LogP contribution < -0.4 is 0 Å². The van der Waals surface area contributed by atoms with E-state index in [-0.39, 0.29) is 5.92 Å². The van der Waals surface area contributed by atoms with E-state index in [0.29, 0.717) is 5.78 Å². The summed E-state index contributed by atoms with van der Waals surface area (Å²) in [6.45, 7) is 8.53. The van der Waals surface area contributed by atoms with E-state index in [1.165, 1.54) is 23.8 Å². The Hall–Kier alpha value is 0.350. The summed E-state index contributed by atoms with van der Waals surface area (Å²) in [4.78, 5) is 12.1. The number of rotatable bonds is 6. The van der Waals surface area contributed by atoms with Crippen LogP contribution in [0, 0.1) is 26.9 Å². The van der Waals surface area contributed by atoms with Crippen LogP contribution in [-0.4, -0.2) is 5.78 Å². The van der Waals surface area contributed by atoms with Gasteiger partial charge in [0, 0.05) is 19.5 Å². The van der Waals surface area contributed by atoms with E-state index in [0.717, 1.165) is 25.7 Å². The van der Waals surface area contributed by atoms with Crippen molar-refractivity contribution in [3.63, 3.8) is 0 Å². The van der Waals surface area contributed by atoms with Crippen molar-refractivity contribution in [2.75, 3.05) is 0 Å². The smallest absolute Gasteiger partial charge is 0.136 e. The fourth-order valence-electron chi connectivity index (χ4n) is 2.26. The molecule has 0 N–H and O–H groups in total. The molecule has 19 heavy (non-hydrogen) atoms. The molecule has 106 valence electrons. The molecule has 0 aromatic heterocycles. The molecule has 1 rings (SSSR count). The van der Waals surface area contributed by atoms with Crippen molar-refractivity contribution in [1.82, 2.24) is 0 Å². The SMILES string of the molecule is CCCC(=O)C(CC)Cc1c(I)cc(C)c(C)c1I. The maximum absolute atomic E-state index is 12.1. The predicted molar refractivity (Wildman–Crippen MR) is 98.8 cm³/mol. The number of carbonyl (C=O) groups excluding carboxylic acids is 1. The summed E-state index contributed by atoms with van der Waals surface area (Å²) >= 11 is 4.84. The van der Waals surface area contributed by atoms with E-state index in [1.54, 1.807) is 0 Å². The van der Waals surface area contributed by atoms with Gasteiger partial charge < -0.3 is 0 Å². The summed E-state index contributed by atoms with van der Waals surface area (Å²) in [6, 6.07) is 2.24. The molecule has 1 unspecified atom stereocenters. The Balaban J connectivity index is 3.04. The molecule has 0 amide bonds. The molecule has 0 radical (unpaired) electrons. The summed E-state index contributed by atoms with van der Waals surface area (Å²) in [5.41, 5.74) is 4.06. The molecule has 3 heteroatoms. The van der Waals surface area contributed by atoms with E-state index in [9.17, 15) is 4.79 Å². The summed E-state index contributed by atoms with van der Waals surface area (Å²) < 4.78 is 2.64. The van der Waals surface area contributed by atoms with Crippen LogP contribution in [0.3, 0.4) is 0 Å². The largest absolute Gasteiger partial charge is 0.299 e. The van der Waals surface area contributed by atoms with Gasteiger partial charge in [-0.05, 0) is 101 Å². The highest BCUT2D eigenvalue weighted by Crippen LogP contribution is 2.29. The third kappa shape index (κ3) is 4.41. The average Bonchev–Trinajstić information content (AvgIpc) is 2.36. The lowest BCUT2D eigenvalue weighted by atomic mass is 9.90. The van der Waals surface area contributed by atoms with Gasteiger partial charge in [0.15, 0.2) is 0 Å². The van der Waals surface area contributed by atoms with Crippen molar-refractivity contribution in [1.29, 1.82) is 0 Å². The Morgan fingerprint density at radius 2 is 1.89 bits per heavy atom. The van der Waals surface area contributed by atoms with Crippen molar-refractivity contribution in [3.8, 4) is 0 Å². The fourth-order valence-corrected chi connectivity index (χ4v) is 4.67. The molecule has 1 aromatic carbocycles. The number of hydrogen-bond donors (Lipinski definition) is 0. The standard InChI is InChI=1S/C16H22I2O/c1-5-7-15(19)12(6-2)9-13-14(17)8-10(3)11(4)16(13)18/h8,12H,5-7,9H2,1-4H3. The second-order valence-electron chi connectivity index (χ2n) is 5.12. The van der Waals surface area contributed by atoms with Crippen LogP contribution in [0.1, 0.15) is 49.8 Å². The van der Waals surface area contributed by atoms with E-state index >= 15 is 0 Å². The lowest BCUT2D eigenvalue weighted by Gasteiger charge is -2.18. The van der Waals surface area contributed by atoms with Crippen molar-refractivity contribution in [3.05, 3.63) is 29.9 Å². The first kappa shape index (κ1) is 17.4. The third-order valence-corrected chi connectivity index (χ3v) is 6.13. The monoisotopic (exact) mass is 484 g/mol. The van der Waals surface area contributed by atoms with Gasteiger partial charge >= 0.3 is 0 Å². The van der Waals surface area contributed by atoms with Gasteiger partial charge in [-0.1, -0.05) is 13.8 Å². The van der Waals surface area contributed by atoms with Gasteiger partial charge in [0.25, 0.3) is 0 Å². The van der Waals surface area contributed by atoms with Crippen molar-refractivity contribution in [2.24, 2.45) is 5.92 Å². The number of carbonyl (C=O) groups is 1. The molecule has 1 atom stereocenters. The number of Topliss-reactive ketones (excluding diaryl/α,β-unsaturated/α-hetero) is 1. The van der Waals surface area contributed by atoms with Crippen LogP contribution in [0.5, 0.6) is 0 Å². The minimum atomic E-state index is 0.184. The molecule has 0 saturated heterocycles.